The van der Waals surface area contributed by atoms with Gasteiger partial charge in [0, 0.05) is 0 Å². The SMILES string of the molecule is [Zn+2].c1ccc([N-]c2ccccc2)cc1.c1ccc([N-]c2ccccc2)cc1. The van der Waals surface area contributed by atoms with Crippen molar-refractivity contribution in [1.82, 2.24) is 0 Å². The summed E-state index contributed by atoms with van der Waals surface area (Å²) < 4.78 is 0. The first-order valence-electron chi connectivity index (χ1n) is 8.54. The summed E-state index contributed by atoms with van der Waals surface area (Å²) in [6.07, 6.45) is 0. The maximum atomic E-state index is 4.44. The van der Waals surface area contributed by atoms with Gasteiger partial charge in [0.05, 0.1) is 0 Å². The first-order chi connectivity index (χ1) is 12.9. The number of rotatable bonds is 4. The van der Waals surface area contributed by atoms with Crippen LogP contribution in [0.4, 0.5) is 22.7 Å². The minimum atomic E-state index is 0. The van der Waals surface area contributed by atoms with Crippen molar-refractivity contribution in [3.8, 4) is 0 Å². The fourth-order valence-corrected chi connectivity index (χ4v) is 2.31. The Morgan fingerprint density at radius 1 is 0.296 bits per heavy atom. The van der Waals surface area contributed by atoms with Crippen molar-refractivity contribution in [2.75, 3.05) is 0 Å². The van der Waals surface area contributed by atoms with Crippen molar-refractivity contribution in [3.05, 3.63) is 132 Å². The summed E-state index contributed by atoms with van der Waals surface area (Å²) in [5, 5.41) is 8.88. The first-order valence-corrected chi connectivity index (χ1v) is 8.54. The van der Waals surface area contributed by atoms with E-state index in [1.807, 2.05) is 121 Å². The van der Waals surface area contributed by atoms with E-state index < -0.39 is 0 Å². The molecule has 0 aliphatic rings. The zero-order valence-corrected chi connectivity index (χ0v) is 18.1. The third-order valence-corrected chi connectivity index (χ3v) is 3.54. The molecule has 0 aromatic heterocycles. The summed E-state index contributed by atoms with van der Waals surface area (Å²) in [6, 6.07) is 39.8. The van der Waals surface area contributed by atoms with Crippen molar-refractivity contribution >= 4 is 22.7 Å². The Balaban J connectivity index is 0.000000187. The van der Waals surface area contributed by atoms with Gasteiger partial charge in [-0.05, 0) is 0 Å². The average Bonchev–Trinajstić information content (AvgIpc) is 2.72. The van der Waals surface area contributed by atoms with E-state index in [0.29, 0.717) is 0 Å². The van der Waals surface area contributed by atoms with Gasteiger partial charge < -0.3 is 10.6 Å². The van der Waals surface area contributed by atoms with Crippen molar-refractivity contribution < 1.29 is 19.5 Å². The first kappa shape index (κ1) is 20.4. The summed E-state index contributed by atoms with van der Waals surface area (Å²) in [6.45, 7) is 0. The number of nitrogens with zero attached hydrogens (tertiary/aromatic N) is 2. The molecule has 0 saturated carbocycles. The molecule has 0 bridgehead atoms. The quantitative estimate of drug-likeness (QED) is 0.309. The molecule has 3 heteroatoms. The minimum Gasteiger partial charge on any atom is -0.658 e. The number of benzene rings is 4. The Bertz CT molecular complexity index is 715. The van der Waals surface area contributed by atoms with Crippen molar-refractivity contribution in [3.63, 3.8) is 0 Å². The molecule has 0 amide bonds. The van der Waals surface area contributed by atoms with Gasteiger partial charge >= 0.3 is 19.5 Å². The smallest absolute Gasteiger partial charge is 0.658 e. The largest absolute Gasteiger partial charge is 2.00 e. The second-order valence-corrected chi connectivity index (χ2v) is 5.57. The van der Waals surface area contributed by atoms with Gasteiger partial charge in [0.2, 0.25) is 0 Å². The topological polar surface area (TPSA) is 28.2 Å². The van der Waals surface area contributed by atoms with Gasteiger partial charge in [-0.2, -0.15) is 0 Å². The van der Waals surface area contributed by atoms with E-state index in [1.165, 1.54) is 0 Å². The zero-order valence-electron chi connectivity index (χ0n) is 15.1. The Labute approximate surface area is 174 Å². The second kappa shape index (κ2) is 11.7. The third-order valence-electron chi connectivity index (χ3n) is 3.54. The second-order valence-electron chi connectivity index (χ2n) is 5.57. The van der Waals surface area contributed by atoms with Crippen molar-refractivity contribution in [1.29, 1.82) is 0 Å². The Morgan fingerprint density at radius 2 is 0.481 bits per heavy atom. The van der Waals surface area contributed by atoms with Crippen LogP contribution in [0.15, 0.2) is 121 Å². The summed E-state index contributed by atoms with van der Waals surface area (Å²) in [7, 11) is 0. The standard InChI is InChI=1S/2C12H10N.Zn/c2*1-3-7-11(8-4-1)13-12-9-5-2-6-10-12;/h2*1-10H;/q2*-1;+2. The van der Waals surface area contributed by atoms with E-state index in [1.54, 1.807) is 0 Å². The number of para-hydroxylation sites is 4. The summed E-state index contributed by atoms with van der Waals surface area (Å²) >= 11 is 0. The van der Waals surface area contributed by atoms with E-state index in [9.17, 15) is 0 Å². The molecule has 27 heavy (non-hydrogen) atoms. The van der Waals surface area contributed by atoms with Gasteiger partial charge in [0.15, 0.2) is 0 Å². The van der Waals surface area contributed by atoms with Crippen LogP contribution in [-0.2, 0) is 19.5 Å². The Hall–Kier alpha value is -2.90. The van der Waals surface area contributed by atoms with E-state index in [-0.39, 0.29) is 19.5 Å². The molecular formula is C24H20N2Zn. The number of hydrogen-bond donors (Lipinski definition) is 0. The van der Waals surface area contributed by atoms with Gasteiger partial charge in [-0.3, -0.25) is 0 Å². The van der Waals surface area contributed by atoms with Gasteiger partial charge in [-0.25, -0.2) is 0 Å². The molecule has 0 fully saturated rings. The average molecular weight is 402 g/mol. The Kier molecular flexibility index (Phi) is 8.82. The molecular weight excluding hydrogens is 382 g/mol. The van der Waals surface area contributed by atoms with Gasteiger partial charge in [-0.1, -0.05) is 121 Å². The van der Waals surface area contributed by atoms with Crippen LogP contribution in [0.2, 0.25) is 0 Å². The van der Waals surface area contributed by atoms with E-state index >= 15 is 0 Å². The molecule has 0 saturated heterocycles. The monoisotopic (exact) mass is 400 g/mol. The molecule has 0 aliphatic heterocycles. The maximum Gasteiger partial charge on any atom is 2.00 e. The molecule has 0 unspecified atom stereocenters. The van der Waals surface area contributed by atoms with E-state index in [4.69, 9.17) is 0 Å². The molecule has 0 N–H and O–H groups in total. The molecule has 4 aromatic carbocycles. The van der Waals surface area contributed by atoms with E-state index in [0.717, 1.165) is 22.7 Å². The van der Waals surface area contributed by atoms with Crippen LogP contribution in [0.1, 0.15) is 0 Å². The van der Waals surface area contributed by atoms with E-state index in [2.05, 4.69) is 10.6 Å². The van der Waals surface area contributed by atoms with Gasteiger partial charge in [-0.15, -0.1) is 22.7 Å². The molecule has 2 nitrogen and oxygen atoms in total. The third kappa shape index (κ3) is 7.47. The summed E-state index contributed by atoms with van der Waals surface area (Å²) in [5.41, 5.74) is 3.98. The zero-order chi connectivity index (χ0) is 17.9. The fraction of sp³-hybridized carbons (Fsp3) is 0. The summed E-state index contributed by atoms with van der Waals surface area (Å²) in [5.74, 6) is 0. The molecule has 0 aliphatic carbocycles. The van der Waals surface area contributed by atoms with Crippen LogP contribution in [0, 0.1) is 0 Å². The van der Waals surface area contributed by atoms with Crippen molar-refractivity contribution in [2.45, 2.75) is 0 Å². The molecule has 0 atom stereocenters. The Morgan fingerprint density at radius 3 is 0.667 bits per heavy atom. The van der Waals surface area contributed by atoms with Crippen molar-refractivity contribution in [2.24, 2.45) is 0 Å². The molecule has 0 spiro atoms. The predicted molar refractivity (Wildman–Crippen MR) is 111 cm³/mol. The minimum absolute atomic E-state index is 0. The van der Waals surface area contributed by atoms with Crippen LogP contribution in [0.25, 0.3) is 10.6 Å². The fourth-order valence-electron chi connectivity index (χ4n) is 2.31. The number of hydrogen-bond acceptors (Lipinski definition) is 0. The predicted octanol–water partition coefficient (Wildman–Crippen LogP) is 8.04. The van der Waals surface area contributed by atoms with Gasteiger partial charge in [0.25, 0.3) is 0 Å². The van der Waals surface area contributed by atoms with Crippen LogP contribution < -0.4 is 0 Å². The summed E-state index contributed by atoms with van der Waals surface area (Å²) in [4.78, 5) is 0. The molecule has 0 heterocycles. The molecule has 0 radical (unpaired) electrons. The molecule has 4 rings (SSSR count). The normalized spacial score (nSPS) is 9.19. The maximum absolute atomic E-state index is 4.44. The molecule has 128 valence electrons. The van der Waals surface area contributed by atoms with Crippen LogP contribution >= 0.6 is 0 Å². The van der Waals surface area contributed by atoms with Crippen LogP contribution in [0.5, 0.6) is 0 Å². The van der Waals surface area contributed by atoms with Crippen LogP contribution in [-0.4, -0.2) is 0 Å². The van der Waals surface area contributed by atoms with Gasteiger partial charge in [0.1, 0.15) is 0 Å². The van der Waals surface area contributed by atoms with Crippen LogP contribution in [0.3, 0.4) is 0 Å². The molecule has 4 aromatic rings.